The van der Waals surface area contributed by atoms with Crippen molar-refractivity contribution in [3.8, 4) is 17.2 Å². The Bertz CT molecular complexity index is 1770. The van der Waals surface area contributed by atoms with Crippen LogP contribution >= 0.6 is 0 Å². The van der Waals surface area contributed by atoms with Gasteiger partial charge in [0.05, 0.1) is 29.9 Å². The summed E-state index contributed by atoms with van der Waals surface area (Å²) in [6.45, 7) is 7.92. The second kappa shape index (κ2) is 12.0. The predicted octanol–water partition coefficient (Wildman–Crippen LogP) is 6.44. The zero-order chi connectivity index (χ0) is 30.7. The molecule has 0 spiro atoms. The third-order valence-corrected chi connectivity index (χ3v) is 6.69. The molecule has 1 heterocycles. The van der Waals surface area contributed by atoms with Gasteiger partial charge in [-0.3, -0.25) is 4.72 Å². The van der Waals surface area contributed by atoms with Gasteiger partial charge in [0.15, 0.2) is 11.4 Å². The molecule has 220 valence electrons. The molecule has 0 atom stereocenters. The number of pyridine rings is 1. The Morgan fingerprint density at radius 3 is 2.24 bits per heavy atom. The molecule has 1 aromatic heterocycles. The number of nitrogens with one attached hydrogen (secondary N) is 3. The van der Waals surface area contributed by atoms with Gasteiger partial charge in [-0.2, -0.15) is 0 Å². The second-order valence-corrected chi connectivity index (χ2v) is 12.2. The van der Waals surface area contributed by atoms with Crippen LogP contribution in [0.5, 0.6) is 17.2 Å². The summed E-state index contributed by atoms with van der Waals surface area (Å²) in [5.41, 5.74) is 1.26. The van der Waals surface area contributed by atoms with Crippen LogP contribution in [0.2, 0.25) is 0 Å². The highest BCUT2D eigenvalue weighted by Crippen LogP contribution is 2.40. The molecule has 42 heavy (non-hydrogen) atoms. The molecular weight excluding hydrogens is 560 g/mol. The summed E-state index contributed by atoms with van der Waals surface area (Å²) < 4.78 is 38.4. The summed E-state index contributed by atoms with van der Waals surface area (Å²) in [4.78, 5) is 28.4. The van der Waals surface area contributed by atoms with Crippen LogP contribution in [0.4, 0.5) is 21.9 Å². The van der Waals surface area contributed by atoms with Gasteiger partial charge in [-0.05, 0) is 48.2 Å². The normalized spacial score (nSPS) is 11.5. The number of anilines is 3. The zero-order valence-electron chi connectivity index (χ0n) is 23.8. The number of ether oxygens (including phenoxy) is 2. The molecule has 0 aliphatic rings. The van der Waals surface area contributed by atoms with Gasteiger partial charge < -0.3 is 25.2 Å². The molecule has 0 aliphatic heterocycles. The van der Waals surface area contributed by atoms with Gasteiger partial charge in [-0.25, -0.2) is 23.0 Å². The number of carbonyl (C=O) groups excluding carboxylic acids is 1. The van der Waals surface area contributed by atoms with Gasteiger partial charge >= 0.3 is 12.0 Å². The van der Waals surface area contributed by atoms with Crippen molar-refractivity contribution in [3.63, 3.8) is 0 Å². The number of hydrogen-bond acceptors (Lipinski definition) is 7. The molecular formula is C30H32N4O7S. The lowest BCUT2D eigenvalue weighted by molar-refractivity contribution is 0.0690. The topological polar surface area (TPSA) is 156 Å². The number of aromatic carboxylic acids is 1. The average molecular weight is 593 g/mol. The Balaban J connectivity index is 1.67. The molecule has 0 radical (unpaired) electrons. The number of amides is 2. The number of hydrogen-bond donors (Lipinski definition) is 4. The van der Waals surface area contributed by atoms with E-state index in [1.54, 1.807) is 37.3 Å². The average Bonchev–Trinajstić information content (AvgIpc) is 2.90. The number of benzene rings is 3. The number of sulfonamides is 1. The third kappa shape index (κ3) is 7.26. The van der Waals surface area contributed by atoms with Crippen LogP contribution in [-0.4, -0.2) is 43.4 Å². The van der Waals surface area contributed by atoms with Crippen LogP contribution in [0.1, 0.15) is 43.7 Å². The molecule has 4 N–H and O–H groups in total. The first-order valence-corrected chi connectivity index (χ1v) is 14.9. The maximum absolute atomic E-state index is 13.3. The number of carboxylic acid groups (broad SMARTS) is 1. The molecule has 0 bridgehead atoms. The number of rotatable bonds is 9. The van der Waals surface area contributed by atoms with Gasteiger partial charge in [0.2, 0.25) is 10.0 Å². The quantitative estimate of drug-likeness (QED) is 0.173. The molecule has 0 unspecified atom stereocenters. The van der Waals surface area contributed by atoms with E-state index in [4.69, 9.17) is 9.47 Å². The van der Waals surface area contributed by atoms with Crippen LogP contribution in [0.15, 0.2) is 66.9 Å². The summed E-state index contributed by atoms with van der Waals surface area (Å²) in [6.07, 6.45) is 2.40. The fraction of sp³-hybridized carbons (Fsp3) is 0.233. The maximum Gasteiger partial charge on any atom is 0.354 e. The van der Waals surface area contributed by atoms with Crippen molar-refractivity contribution in [2.75, 3.05) is 28.2 Å². The lowest BCUT2D eigenvalue weighted by Gasteiger charge is -2.24. The van der Waals surface area contributed by atoms with Crippen LogP contribution in [-0.2, 0) is 15.4 Å². The molecule has 4 aromatic rings. The first-order valence-electron chi connectivity index (χ1n) is 13.0. The molecule has 4 rings (SSSR count). The first-order chi connectivity index (χ1) is 19.7. The van der Waals surface area contributed by atoms with Crippen molar-refractivity contribution in [1.82, 2.24) is 4.98 Å². The van der Waals surface area contributed by atoms with E-state index in [0.29, 0.717) is 33.6 Å². The molecule has 0 saturated heterocycles. The van der Waals surface area contributed by atoms with Crippen molar-refractivity contribution >= 4 is 49.9 Å². The minimum Gasteiger partial charge on any atom is -0.489 e. The predicted molar refractivity (Wildman–Crippen MR) is 163 cm³/mol. The number of nitrogens with zero attached hydrogens (tertiary/aromatic N) is 1. The van der Waals surface area contributed by atoms with Gasteiger partial charge in [0.1, 0.15) is 11.5 Å². The number of aromatic nitrogens is 1. The third-order valence-electron chi connectivity index (χ3n) is 6.10. The van der Waals surface area contributed by atoms with Gasteiger partial charge in [0.25, 0.3) is 0 Å². The summed E-state index contributed by atoms with van der Waals surface area (Å²) >= 11 is 0. The smallest absolute Gasteiger partial charge is 0.354 e. The van der Waals surface area contributed by atoms with E-state index in [1.807, 2.05) is 45.0 Å². The number of carbonyl (C=O) groups is 2. The van der Waals surface area contributed by atoms with E-state index in [-0.39, 0.29) is 29.2 Å². The lowest BCUT2D eigenvalue weighted by Crippen LogP contribution is -2.22. The SMILES string of the molecule is CCOc1c(NC(=O)Nc2ccc(Oc3ccnc(C(=O)O)c3)c3ccccc23)cc(C(C)(C)C)cc1NS(C)(=O)=O. The zero-order valence-corrected chi connectivity index (χ0v) is 24.6. The van der Waals surface area contributed by atoms with Crippen LogP contribution in [0.3, 0.4) is 0 Å². The number of carboxylic acids is 1. The Morgan fingerprint density at radius 2 is 1.60 bits per heavy atom. The molecule has 3 aromatic carbocycles. The van der Waals surface area contributed by atoms with E-state index in [1.165, 1.54) is 12.3 Å². The van der Waals surface area contributed by atoms with Crippen molar-refractivity contribution in [2.45, 2.75) is 33.1 Å². The van der Waals surface area contributed by atoms with Crippen molar-refractivity contribution in [2.24, 2.45) is 0 Å². The van der Waals surface area contributed by atoms with E-state index in [0.717, 1.165) is 11.8 Å². The highest BCUT2D eigenvalue weighted by atomic mass is 32.2. The molecule has 0 aliphatic carbocycles. The number of fused-ring (bicyclic) bond motifs is 1. The van der Waals surface area contributed by atoms with Gasteiger partial charge in [0, 0.05) is 23.0 Å². The Kier molecular flexibility index (Phi) is 8.57. The van der Waals surface area contributed by atoms with E-state index >= 15 is 0 Å². The van der Waals surface area contributed by atoms with Crippen LogP contribution in [0.25, 0.3) is 10.8 Å². The second-order valence-electron chi connectivity index (χ2n) is 10.5. The first kappa shape index (κ1) is 30.1. The van der Waals surface area contributed by atoms with Crippen molar-refractivity contribution in [1.29, 1.82) is 0 Å². The molecule has 11 nitrogen and oxygen atoms in total. The molecule has 0 saturated carbocycles. The van der Waals surface area contributed by atoms with E-state index < -0.39 is 22.0 Å². The van der Waals surface area contributed by atoms with Gasteiger partial charge in [-0.1, -0.05) is 45.0 Å². The molecule has 0 fully saturated rings. The molecule has 2 amide bonds. The standard InChI is InChI=1S/C30H32N4O7S/c1-6-40-27-23(15-18(30(2,3)4)16-24(27)34-42(5,38)39)33-29(37)32-22-11-12-26(21-10-8-7-9-20(21)22)41-19-13-14-31-25(17-19)28(35)36/h7-17,34H,6H2,1-5H3,(H,35,36)(H2,32,33,37). The fourth-order valence-corrected chi connectivity index (χ4v) is 4.75. The van der Waals surface area contributed by atoms with Gasteiger partial charge in [-0.15, -0.1) is 0 Å². The lowest BCUT2D eigenvalue weighted by atomic mass is 9.86. The fourth-order valence-electron chi connectivity index (χ4n) is 4.19. The van der Waals surface area contributed by atoms with Crippen LogP contribution in [0, 0.1) is 0 Å². The van der Waals surface area contributed by atoms with E-state index in [2.05, 4.69) is 20.3 Å². The van der Waals surface area contributed by atoms with Crippen LogP contribution < -0.4 is 24.8 Å². The van der Waals surface area contributed by atoms with Crippen molar-refractivity contribution in [3.05, 3.63) is 78.1 Å². The summed E-state index contributed by atoms with van der Waals surface area (Å²) in [5, 5.41) is 16.3. The Labute approximate surface area is 243 Å². The summed E-state index contributed by atoms with van der Waals surface area (Å²) in [5.74, 6) is -0.229. The number of urea groups is 1. The maximum atomic E-state index is 13.3. The molecule has 12 heteroatoms. The Morgan fingerprint density at radius 1 is 0.929 bits per heavy atom. The highest BCUT2D eigenvalue weighted by molar-refractivity contribution is 7.92. The highest BCUT2D eigenvalue weighted by Gasteiger charge is 2.23. The minimum absolute atomic E-state index is 0.149. The largest absolute Gasteiger partial charge is 0.489 e. The minimum atomic E-state index is -3.63. The summed E-state index contributed by atoms with van der Waals surface area (Å²) in [6, 6.07) is 16.3. The summed E-state index contributed by atoms with van der Waals surface area (Å²) in [7, 11) is -3.63. The Hall–Kier alpha value is -4.84. The van der Waals surface area contributed by atoms with E-state index in [9.17, 15) is 23.1 Å². The monoisotopic (exact) mass is 592 g/mol. The van der Waals surface area contributed by atoms with Crippen molar-refractivity contribution < 1.29 is 32.6 Å².